The van der Waals surface area contributed by atoms with E-state index in [0.717, 1.165) is 11.3 Å². The Morgan fingerprint density at radius 1 is 1.14 bits per heavy atom. The maximum Gasteiger partial charge on any atom is 0.340 e. The summed E-state index contributed by atoms with van der Waals surface area (Å²) in [5.74, 6) is 1.03. The van der Waals surface area contributed by atoms with Gasteiger partial charge in [0.1, 0.15) is 23.7 Å². The highest BCUT2D eigenvalue weighted by Gasteiger charge is 2.13. The summed E-state index contributed by atoms with van der Waals surface area (Å²) in [5, 5.41) is 0. The van der Waals surface area contributed by atoms with Crippen LogP contribution in [0.1, 0.15) is 16.2 Å². The molecule has 0 bridgehead atoms. The number of nitrogens with zero attached hydrogens (tertiary/aromatic N) is 1. The molecule has 0 fully saturated rings. The molecule has 0 saturated heterocycles. The standard InChI is InChI=1S/C16H14N2O3/c1-20-16(19)12-8-5-9-13-15(12)18-14(17-13)10-21-11-6-3-2-4-7-11/h2-9H,10H2,1H3,(H,17,18). The number of para-hydroxylation sites is 2. The van der Waals surface area contributed by atoms with Gasteiger partial charge in [0.05, 0.1) is 18.2 Å². The normalized spacial score (nSPS) is 10.5. The van der Waals surface area contributed by atoms with Crippen molar-refractivity contribution >= 4 is 17.0 Å². The quantitative estimate of drug-likeness (QED) is 0.747. The minimum atomic E-state index is -0.400. The van der Waals surface area contributed by atoms with Gasteiger partial charge in [0.2, 0.25) is 0 Å². The van der Waals surface area contributed by atoms with Crippen molar-refractivity contribution in [2.75, 3.05) is 7.11 Å². The predicted octanol–water partition coefficient (Wildman–Crippen LogP) is 2.93. The van der Waals surface area contributed by atoms with Crippen molar-refractivity contribution in [3.05, 3.63) is 59.9 Å². The van der Waals surface area contributed by atoms with Crippen molar-refractivity contribution in [2.45, 2.75) is 6.61 Å². The third-order valence-electron chi connectivity index (χ3n) is 3.09. The lowest BCUT2D eigenvalue weighted by molar-refractivity contribution is 0.0603. The van der Waals surface area contributed by atoms with Crippen molar-refractivity contribution in [3.8, 4) is 5.75 Å². The molecule has 0 unspecified atom stereocenters. The molecule has 0 saturated carbocycles. The highest BCUT2D eigenvalue weighted by molar-refractivity contribution is 6.01. The molecule has 0 aliphatic heterocycles. The van der Waals surface area contributed by atoms with E-state index in [2.05, 4.69) is 9.97 Å². The fourth-order valence-corrected chi connectivity index (χ4v) is 2.09. The second-order valence-electron chi connectivity index (χ2n) is 4.48. The van der Waals surface area contributed by atoms with Gasteiger partial charge in [-0.25, -0.2) is 9.78 Å². The lowest BCUT2D eigenvalue weighted by atomic mass is 10.2. The number of fused-ring (bicyclic) bond motifs is 1. The summed E-state index contributed by atoms with van der Waals surface area (Å²) in [6.07, 6.45) is 0. The third kappa shape index (κ3) is 2.72. The van der Waals surface area contributed by atoms with E-state index in [1.165, 1.54) is 7.11 Å². The van der Waals surface area contributed by atoms with Gasteiger partial charge < -0.3 is 14.5 Å². The molecule has 1 aromatic heterocycles. The topological polar surface area (TPSA) is 64.2 Å². The Balaban J connectivity index is 1.86. The predicted molar refractivity (Wildman–Crippen MR) is 78.2 cm³/mol. The third-order valence-corrected chi connectivity index (χ3v) is 3.09. The number of carbonyl (C=O) groups excluding carboxylic acids is 1. The second-order valence-corrected chi connectivity index (χ2v) is 4.48. The number of H-pyrrole nitrogens is 1. The van der Waals surface area contributed by atoms with Crippen LogP contribution in [0.2, 0.25) is 0 Å². The monoisotopic (exact) mass is 282 g/mol. The molecular weight excluding hydrogens is 268 g/mol. The van der Waals surface area contributed by atoms with E-state index in [9.17, 15) is 4.79 Å². The van der Waals surface area contributed by atoms with Crippen molar-refractivity contribution in [3.63, 3.8) is 0 Å². The highest BCUT2D eigenvalue weighted by Crippen LogP contribution is 2.18. The van der Waals surface area contributed by atoms with Gasteiger partial charge in [-0.3, -0.25) is 0 Å². The Kier molecular flexibility index (Phi) is 3.55. The first-order valence-corrected chi connectivity index (χ1v) is 6.51. The van der Waals surface area contributed by atoms with Crippen molar-refractivity contribution in [1.82, 2.24) is 9.97 Å². The number of nitrogens with one attached hydrogen (secondary N) is 1. The lowest BCUT2D eigenvalue weighted by Crippen LogP contribution is -2.02. The molecule has 0 aliphatic carbocycles. The number of aromatic nitrogens is 2. The number of hydrogen-bond donors (Lipinski definition) is 1. The summed E-state index contributed by atoms with van der Waals surface area (Å²) in [6.45, 7) is 0.305. The SMILES string of the molecule is COC(=O)c1cccc2[nH]c(COc3ccccc3)nc12. The largest absolute Gasteiger partial charge is 0.486 e. The fourth-order valence-electron chi connectivity index (χ4n) is 2.09. The number of imidazole rings is 1. The van der Waals surface area contributed by atoms with Crippen LogP contribution < -0.4 is 4.74 Å². The fraction of sp³-hybridized carbons (Fsp3) is 0.125. The zero-order chi connectivity index (χ0) is 14.7. The average molecular weight is 282 g/mol. The molecule has 0 radical (unpaired) electrons. The van der Waals surface area contributed by atoms with Crippen LogP contribution in [-0.4, -0.2) is 23.0 Å². The molecular formula is C16H14N2O3. The molecule has 2 aromatic carbocycles. The molecule has 1 N–H and O–H groups in total. The van der Waals surface area contributed by atoms with Gasteiger partial charge in [0.15, 0.2) is 0 Å². The van der Waals surface area contributed by atoms with Gasteiger partial charge in [0.25, 0.3) is 0 Å². The van der Waals surface area contributed by atoms with Crippen LogP contribution in [0.4, 0.5) is 0 Å². The van der Waals surface area contributed by atoms with Gasteiger partial charge in [-0.2, -0.15) is 0 Å². The number of aromatic amines is 1. The van der Waals surface area contributed by atoms with Crippen molar-refractivity contribution < 1.29 is 14.3 Å². The van der Waals surface area contributed by atoms with Crippen LogP contribution in [0.3, 0.4) is 0 Å². The number of hydrogen-bond acceptors (Lipinski definition) is 4. The summed E-state index contributed by atoms with van der Waals surface area (Å²) in [6, 6.07) is 14.8. The number of benzene rings is 2. The smallest absolute Gasteiger partial charge is 0.340 e. The summed E-state index contributed by atoms with van der Waals surface area (Å²) in [4.78, 5) is 19.3. The van der Waals surface area contributed by atoms with E-state index in [-0.39, 0.29) is 0 Å². The zero-order valence-corrected chi connectivity index (χ0v) is 11.5. The van der Waals surface area contributed by atoms with Crippen LogP contribution in [0.5, 0.6) is 5.75 Å². The van der Waals surface area contributed by atoms with Crippen LogP contribution in [-0.2, 0) is 11.3 Å². The van der Waals surface area contributed by atoms with E-state index in [1.54, 1.807) is 12.1 Å². The first-order chi connectivity index (χ1) is 10.3. The van der Waals surface area contributed by atoms with E-state index < -0.39 is 5.97 Å². The van der Waals surface area contributed by atoms with Crippen molar-refractivity contribution in [1.29, 1.82) is 0 Å². The molecule has 5 heteroatoms. The molecule has 0 amide bonds. The number of carbonyl (C=O) groups is 1. The van der Waals surface area contributed by atoms with Gasteiger partial charge >= 0.3 is 5.97 Å². The van der Waals surface area contributed by atoms with E-state index in [4.69, 9.17) is 9.47 Å². The van der Waals surface area contributed by atoms with Crippen LogP contribution in [0, 0.1) is 0 Å². The molecule has 0 spiro atoms. The maximum atomic E-state index is 11.7. The first-order valence-electron chi connectivity index (χ1n) is 6.51. The minimum Gasteiger partial charge on any atom is -0.486 e. The summed E-state index contributed by atoms with van der Waals surface area (Å²) in [5.41, 5.74) is 1.82. The lowest BCUT2D eigenvalue weighted by Gasteiger charge is -2.02. The van der Waals surface area contributed by atoms with E-state index >= 15 is 0 Å². The Hall–Kier alpha value is -2.82. The van der Waals surface area contributed by atoms with Gasteiger partial charge in [-0.1, -0.05) is 24.3 Å². The molecule has 0 aliphatic rings. The van der Waals surface area contributed by atoms with E-state index in [1.807, 2.05) is 36.4 Å². The van der Waals surface area contributed by atoms with Crippen LogP contribution >= 0.6 is 0 Å². The Labute approximate surface area is 121 Å². The number of ether oxygens (including phenoxy) is 2. The number of rotatable bonds is 4. The molecule has 3 aromatic rings. The molecule has 0 atom stereocenters. The molecule has 106 valence electrons. The van der Waals surface area contributed by atoms with Crippen LogP contribution in [0.15, 0.2) is 48.5 Å². The molecule has 21 heavy (non-hydrogen) atoms. The summed E-state index contributed by atoms with van der Waals surface area (Å²) in [7, 11) is 1.35. The van der Waals surface area contributed by atoms with E-state index in [0.29, 0.717) is 23.5 Å². The van der Waals surface area contributed by atoms with Gasteiger partial charge in [-0.05, 0) is 24.3 Å². The Morgan fingerprint density at radius 2 is 1.95 bits per heavy atom. The Bertz CT molecular complexity index is 766. The summed E-state index contributed by atoms with van der Waals surface area (Å²) >= 11 is 0. The average Bonchev–Trinajstić information content (AvgIpc) is 2.96. The first kappa shape index (κ1) is 13.2. The Morgan fingerprint density at radius 3 is 2.71 bits per heavy atom. The minimum absolute atomic E-state index is 0.305. The van der Waals surface area contributed by atoms with Gasteiger partial charge in [0, 0.05) is 0 Å². The number of esters is 1. The van der Waals surface area contributed by atoms with Crippen LogP contribution in [0.25, 0.3) is 11.0 Å². The van der Waals surface area contributed by atoms with Crippen molar-refractivity contribution in [2.24, 2.45) is 0 Å². The maximum absolute atomic E-state index is 11.7. The molecule has 5 nitrogen and oxygen atoms in total. The van der Waals surface area contributed by atoms with Gasteiger partial charge in [-0.15, -0.1) is 0 Å². The summed E-state index contributed by atoms with van der Waals surface area (Å²) < 4.78 is 10.4. The number of methoxy groups -OCH3 is 1. The zero-order valence-electron chi connectivity index (χ0n) is 11.5. The molecule has 1 heterocycles. The molecule has 3 rings (SSSR count). The second kappa shape index (κ2) is 5.66. The highest BCUT2D eigenvalue weighted by atomic mass is 16.5.